The van der Waals surface area contributed by atoms with Crippen LogP contribution in [0.3, 0.4) is 0 Å². The van der Waals surface area contributed by atoms with Gasteiger partial charge in [0.15, 0.2) is 0 Å². The van der Waals surface area contributed by atoms with Gasteiger partial charge < -0.3 is 0 Å². The number of hydrogen-bond donors (Lipinski definition) is 0. The van der Waals surface area contributed by atoms with Crippen molar-refractivity contribution in [1.29, 1.82) is 0 Å². The Kier molecular flexibility index (Phi) is 5.64. The Morgan fingerprint density at radius 2 is 0.800 bits per heavy atom. The first kappa shape index (κ1) is 26.0. The van der Waals surface area contributed by atoms with Crippen LogP contribution < -0.4 is 0 Å². The standard InChI is InChI=1S/C45H32/c1-45(2)41-27-24-30-14-6-7-15-35(30)43(41)44-39-19-11-10-18-38(39)40(28-42(44)45)32-22-20-31(21-23-32)34-26-25-33(29-12-4-3-5-13-29)36-16-8-9-17-37(34)36/h3-28H,1-2H3. The minimum Gasteiger partial charge on any atom is -0.0622 e. The normalized spacial score (nSPS) is 13.3. The quantitative estimate of drug-likeness (QED) is 0.197. The van der Waals surface area contributed by atoms with Gasteiger partial charge in [-0.15, -0.1) is 0 Å². The molecule has 45 heavy (non-hydrogen) atoms. The second-order valence-electron chi connectivity index (χ2n) is 12.9. The Bertz CT molecular complexity index is 2430. The molecule has 0 N–H and O–H groups in total. The first-order valence-electron chi connectivity index (χ1n) is 15.9. The van der Waals surface area contributed by atoms with E-state index in [-0.39, 0.29) is 5.41 Å². The van der Waals surface area contributed by atoms with E-state index in [9.17, 15) is 0 Å². The molecule has 0 nitrogen and oxygen atoms in total. The van der Waals surface area contributed by atoms with Crippen LogP contribution in [0.15, 0.2) is 158 Å². The van der Waals surface area contributed by atoms with Crippen LogP contribution in [0, 0.1) is 0 Å². The maximum atomic E-state index is 2.48. The van der Waals surface area contributed by atoms with Gasteiger partial charge in [-0.25, -0.2) is 0 Å². The molecule has 8 aromatic rings. The Balaban J connectivity index is 1.21. The third-order valence-electron chi connectivity index (χ3n) is 10.1. The summed E-state index contributed by atoms with van der Waals surface area (Å²) in [5.74, 6) is 0. The van der Waals surface area contributed by atoms with Gasteiger partial charge in [-0.1, -0.05) is 166 Å². The second kappa shape index (κ2) is 9.78. The Labute approximate surface area is 264 Å². The van der Waals surface area contributed by atoms with E-state index in [4.69, 9.17) is 0 Å². The smallest absolute Gasteiger partial charge is 0.0159 e. The third kappa shape index (κ3) is 3.85. The topological polar surface area (TPSA) is 0 Å². The summed E-state index contributed by atoms with van der Waals surface area (Å²) in [4.78, 5) is 0. The van der Waals surface area contributed by atoms with Gasteiger partial charge in [-0.05, 0) is 94.0 Å². The largest absolute Gasteiger partial charge is 0.0622 e. The number of rotatable bonds is 3. The average Bonchev–Trinajstić information content (AvgIpc) is 3.34. The van der Waals surface area contributed by atoms with E-state index in [1.807, 2.05) is 0 Å². The highest BCUT2D eigenvalue weighted by atomic mass is 14.4. The van der Waals surface area contributed by atoms with Crippen molar-refractivity contribution < 1.29 is 0 Å². The van der Waals surface area contributed by atoms with Gasteiger partial charge in [-0.3, -0.25) is 0 Å². The van der Waals surface area contributed by atoms with E-state index in [1.54, 1.807) is 0 Å². The van der Waals surface area contributed by atoms with Crippen LogP contribution in [0.2, 0.25) is 0 Å². The summed E-state index contributed by atoms with van der Waals surface area (Å²) in [6.45, 7) is 4.77. The highest BCUT2D eigenvalue weighted by Gasteiger charge is 2.38. The van der Waals surface area contributed by atoms with E-state index in [2.05, 4.69) is 172 Å². The predicted octanol–water partition coefficient (Wildman–Crippen LogP) is 12.5. The highest BCUT2D eigenvalue weighted by Crippen LogP contribution is 2.55. The molecule has 0 amide bonds. The van der Waals surface area contributed by atoms with Crippen LogP contribution in [-0.2, 0) is 5.41 Å². The lowest BCUT2D eigenvalue weighted by molar-refractivity contribution is 0.661. The van der Waals surface area contributed by atoms with Crippen molar-refractivity contribution in [2.45, 2.75) is 19.3 Å². The van der Waals surface area contributed by atoms with Crippen molar-refractivity contribution in [1.82, 2.24) is 0 Å². The van der Waals surface area contributed by atoms with Crippen LogP contribution in [0.4, 0.5) is 0 Å². The zero-order valence-corrected chi connectivity index (χ0v) is 25.5. The SMILES string of the molecule is CC1(C)c2ccc3ccccc3c2-c2c1cc(-c1ccc(-c3ccc(-c4ccccc4)c4ccccc34)cc1)c1ccccc21. The Morgan fingerprint density at radius 3 is 1.44 bits per heavy atom. The molecule has 0 saturated heterocycles. The summed E-state index contributed by atoms with van der Waals surface area (Å²) >= 11 is 0. The zero-order chi connectivity index (χ0) is 30.1. The third-order valence-corrected chi connectivity index (χ3v) is 10.1. The molecule has 0 spiro atoms. The highest BCUT2D eigenvalue weighted by molar-refractivity contribution is 6.14. The van der Waals surface area contributed by atoms with Crippen molar-refractivity contribution in [3.63, 3.8) is 0 Å². The van der Waals surface area contributed by atoms with Gasteiger partial charge in [0, 0.05) is 5.41 Å². The predicted molar refractivity (Wildman–Crippen MR) is 193 cm³/mol. The van der Waals surface area contributed by atoms with Crippen molar-refractivity contribution in [3.8, 4) is 44.5 Å². The molecular formula is C45H32. The summed E-state index contributed by atoms with van der Waals surface area (Å²) in [7, 11) is 0. The number of benzene rings is 8. The Hall–Kier alpha value is -5.46. The first-order chi connectivity index (χ1) is 22.1. The van der Waals surface area contributed by atoms with Crippen molar-refractivity contribution >= 4 is 32.3 Å². The molecule has 0 aliphatic heterocycles. The maximum Gasteiger partial charge on any atom is 0.0159 e. The van der Waals surface area contributed by atoms with Gasteiger partial charge in [0.25, 0.3) is 0 Å². The summed E-state index contributed by atoms with van der Waals surface area (Å²) in [6, 6.07) is 58.2. The zero-order valence-electron chi connectivity index (χ0n) is 25.5. The molecule has 0 fully saturated rings. The van der Waals surface area contributed by atoms with Gasteiger partial charge in [0.1, 0.15) is 0 Å². The van der Waals surface area contributed by atoms with Crippen LogP contribution in [0.25, 0.3) is 76.8 Å². The van der Waals surface area contributed by atoms with E-state index in [0.29, 0.717) is 0 Å². The molecule has 0 unspecified atom stereocenters. The molecule has 8 aromatic carbocycles. The molecule has 0 heterocycles. The minimum atomic E-state index is -0.0904. The number of hydrogen-bond acceptors (Lipinski definition) is 0. The summed E-state index contributed by atoms with van der Waals surface area (Å²) in [5, 5.41) is 7.84. The molecule has 0 aromatic heterocycles. The maximum absolute atomic E-state index is 2.48. The fraction of sp³-hybridized carbons (Fsp3) is 0.0667. The molecule has 1 aliphatic rings. The second-order valence-corrected chi connectivity index (χ2v) is 12.9. The molecule has 0 atom stereocenters. The average molecular weight is 573 g/mol. The summed E-state index contributed by atoms with van der Waals surface area (Å²) < 4.78 is 0. The molecule has 212 valence electrons. The van der Waals surface area contributed by atoms with Gasteiger partial charge in [0.2, 0.25) is 0 Å². The molecule has 0 bridgehead atoms. The molecule has 0 saturated carbocycles. The van der Waals surface area contributed by atoms with E-state index >= 15 is 0 Å². The minimum absolute atomic E-state index is 0.0904. The molecule has 1 aliphatic carbocycles. The van der Waals surface area contributed by atoms with Crippen molar-refractivity contribution in [2.75, 3.05) is 0 Å². The fourth-order valence-electron chi connectivity index (χ4n) is 7.83. The lowest BCUT2D eigenvalue weighted by Gasteiger charge is -2.23. The van der Waals surface area contributed by atoms with E-state index < -0.39 is 0 Å². The van der Waals surface area contributed by atoms with E-state index in [1.165, 1.54) is 88.0 Å². The van der Waals surface area contributed by atoms with Gasteiger partial charge in [0.05, 0.1) is 0 Å². The van der Waals surface area contributed by atoms with Crippen LogP contribution >= 0.6 is 0 Å². The first-order valence-corrected chi connectivity index (χ1v) is 15.9. The summed E-state index contributed by atoms with van der Waals surface area (Å²) in [5.41, 5.74) is 13.1. The van der Waals surface area contributed by atoms with Gasteiger partial charge >= 0.3 is 0 Å². The monoisotopic (exact) mass is 572 g/mol. The number of fused-ring (bicyclic) bond motifs is 8. The van der Waals surface area contributed by atoms with Crippen LogP contribution in [-0.4, -0.2) is 0 Å². The van der Waals surface area contributed by atoms with Crippen molar-refractivity contribution in [2.24, 2.45) is 0 Å². The molecular weight excluding hydrogens is 540 g/mol. The van der Waals surface area contributed by atoms with Crippen LogP contribution in [0.1, 0.15) is 25.0 Å². The molecule has 9 rings (SSSR count). The Morgan fingerprint density at radius 1 is 0.333 bits per heavy atom. The van der Waals surface area contributed by atoms with Crippen LogP contribution in [0.5, 0.6) is 0 Å². The van der Waals surface area contributed by atoms with Gasteiger partial charge in [-0.2, -0.15) is 0 Å². The summed E-state index contributed by atoms with van der Waals surface area (Å²) in [6.07, 6.45) is 0. The lowest BCUT2D eigenvalue weighted by atomic mass is 9.80. The molecule has 0 radical (unpaired) electrons. The van der Waals surface area contributed by atoms with Crippen molar-refractivity contribution in [3.05, 3.63) is 169 Å². The fourth-order valence-corrected chi connectivity index (χ4v) is 7.83. The lowest BCUT2D eigenvalue weighted by Crippen LogP contribution is -2.15. The molecule has 0 heteroatoms. The van der Waals surface area contributed by atoms with E-state index in [0.717, 1.165) is 0 Å².